The van der Waals surface area contributed by atoms with Crippen molar-refractivity contribution in [3.05, 3.63) is 35.6 Å². The molecule has 1 rings (SSSR count). The van der Waals surface area contributed by atoms with E-state index in [0.717, 1.165) is 19.5 Å². The van der Waals surface area contributed by atoms with Gasteiger partial charge in [0.15, 0.2) is 0 Å². The Morgan fingerprint density at radius 3 is 2.16 bits per heavy atom. The summed E-state index contributed by atoms with van der Waals surface area (Å²) < 4.78 is 13.0. The molecule has 19 heavy (non-hydrogen) atoms. The zero-order valence-electron chi connectivity index (χ0n) is 13.0. The Kier molecular flexibility index (Phi) is 5.99. The van der Waals surface area contributed by atoms with E-state index in [-0.39, 0.29) is 11.2 Å². The first kappa shape index (κ1) is 16.2. The first-order valence-corrected chi connectivity index (χ1v) is 7.28. The van der Waals surface area contributed by atoms with E-state index in [1.54, 1.807) is 12.1 Å². The molecule has 108 valence electrons. The topological polar surface area (TPSA) is 12.0 Å². The van der Waals surface area contributed by atoms with Gasteiger partial charge in [0.1, 0.15) is 5.82 Å². The smallest absolute Gasteiger partial charge is 0.123 e. The Morgan fingerprint density at radius 2 is 1.68 bits per heavy atom. The minimum absolute atomic E-state index is 0.159. The lowest BCUT2D eigenvalue weighted by Crippen LogP contribution is -2.39. The van der Waals surface area contributed by atoms with Crippen molar-refractivity contribution < 1.29 is 4.39 Å². The molecule has 0 aliphatic rings. The van der Waals surface area contributed by atoms with Crippen LogP contribution in [0, 0.1) is 23.1 Å². The second-order valence-electron chi connectivity index (χ2n) is 6.64. The number of benzene rings is 1. The lowest BCUT2D eigenvalue weighted by atomic mass is 9.74. The molecule has 1 atom stereocenters. The standard InChI is InChI=1S/C17H28FN/c1-13(2)11-19-12-17(5,14(3)4)10-15-6-8-16(18)9-7-15/h6-9,13-14,19H,10-12H2,1-5H3. The van der Waals surface area contributed by atoms with Crippen LogP contribution < -0.4 is 5.32 Å². The summed E-state index contributed by atoms with van der Waals surface area (Å²) in [4.78, 5) is 0. The Bertz CT molecular complexity index is 369. The Hall–Kier alpha value is -0.890. The highest BCUT2D eigenvalue weighted by molar-refractivity contribution is 5.18. The molecular formula is C17H28FN. The van der Waals surface area contributed by atoms with E-state index in [1.807, 2.05) is 12.1 Å². The van der Waals surface area contributed by atoms with Gasteiger partial charge in [-0.2, -0.15) is 0 Å². The summed E-state index contributed by atoms with van der Waals surface area (Å²) in [7, 11) is 0. The molecule has 0 bridgehead atoms. The first-order chi connectivity index (χ1) is 8.83. The number of rotatable bonds is 7. The molecule has 0 fully saturated rings. The summed E-state index contributed by atoms with van der Waals surface area (Å²) in [5.74, 6) is 1.09. The van der Waals surface area contributed by atoms with Crippen molar-refractivity contribution in [2.24, 2.45) is 17.3 Å². The van der Waals surface area contributed by atoms with Crippen LogP contribution >= 0.6 is 0 Å². The van der Waals surface area contributed by atoms with Crippen LogP contribution in [0.15, 0.2) is 24.3 Å². The summed E-state index contributed by atoms with van der Waals surface area (Å²) in [5.41, 5.74) is 1.41. The van der Waals surface area contributed by atoms with Crippen LogP contribution in [-0.4, -0.2) is 13.1 Å². The van der Waals surface area contributed by atoms with Crippen molar-refractivity contribution in [2.45, 2.75) is 41.0 Å². The van der Waals surface area contributed by atoms with Gasteiger partial charge in [0.05, 0.1) is 0 Å². The highest BCUT2D eigenvalue weighted by atomic mass is 19.1. The lowest BCUT2D eigenvalue weighted by molar-refractivity contribution is 0.205. The maximum atomic E-state index is 13.0. The molecule has 0 aliphatic heterocycles. The largest absolute Gasteiger partial charge is 0.316 e. The van der Waals surface area contributed by atoms with Gasteiger partial charge in [0, 0.05) is 6.54 Å². The Morgan fingerprint density at radius 1 is 1.11 bits per heavy atom. The summed E-state index contributed by atoms with van der Waals surface area (Å²) >= 11 is 0. The maximum absolute atomic E-state index is 13.0. The summed E-state index contributed by atoms with van der Waals surface area (Å²) in [6, 6.07) is 6.91. The van der Waals surface area contributed by atoms with Gasteiger partial charge in [-0.05, 0) is 47.9 Å². The van der Waals surface area contributed by atoms with Gasteiger partial charge in [-0.15, -0.1) is 0 Å². The van der Waals surface area contributed by atoms with Crippen molar-refractivity contribution in [1.82, 2.24) is 5.32 Å². The number of hydrogen-bond acceptors (Lipinski definition) is 1. The molecule has 1 nitrogen and oxygen atoms in total. The van der Waals surface area contributed by atoms with Crippen LogP contribution in [0.2, 0.25) is 0 Å². The maximum Gasteiger partial charge on any atom is 0.123 e. The van der Waals surface area contributed by atoms with Crippen LogP contribution in [0.4, 0.5) is 4.39 Å². The molecular weight excluding hydrogens is 237 g/mol. The number of nitrogens with one attached hydrogen (secondary N) is 1. The third kappa shape index (κ3) is 5.32. The summed E-state index contributed by atoms with van der Waals surface area (Å²) in [6.07, 6.45) is 0.982. The van der Waals surface area contributed by atoms with Crippen molar-refractivity contribution in [1.29, 1.82) is 0 Å². The molecule has 2 heteroatoms. The minimum atomic E-state index is -0.159. The third-order valence-electron chi connectivity index (χ3n) is 4.00. The normalized spacial score (nSPS) is 14.9. The Labute approximate surface area is 117 Å². The van der Waals surface area contributed by atoms with E-state index >= 15 is 0 Å². The molecule has 1 aromatic carbocycles. The molecule has 1 N–H and O–H groups in total. The summed E-state index contributed by atoms with van der Waals surface area (Å²) in [5, 5.41) is 3.56. The zero-order valence-corrected chi connectivity index (χ0v) is 13.0. The average Bonchev–Trinajstić information content (AvgIpc) is 2.31. The number of halogens is 1. The van der Waals surface area contributed by atoms with E-state index in [9.17, 15) is 4.39 Å². The molecule has 0 spiro atoms. The molecule has 0 aliphatic carbocycles. The lowest BCUT2D eigenvalue weighted by Gasteiger charge is -2.35. The third-order valence-corrected chi connectivity index (χ3v) is 4.00. The predicted molar refractivity (Wildman–Crippen MR) is 80.8 cm³/mol. The van der Waals surface area contributed by atoms with Gasteiger partial charge < -0.3 is 5.32 Å². The van der Waals surface area contributed by atoms with E-state index in [2.05, 4.69) is 39.9 Å². The monoisotopic (exact) mass is 265 g/mol. The van der Waals surface area contributed by atoms with Crippen molar-refractivity contribution in [2.75, 3.05) is 13.1 Å². The number of hydrogen-bond donors (Lipinski definition) is 1. The summed E-state index contributed by atoms with van der Waals surface area (Å²) in [6.45, 7) is 13.3. The van der Waals surface area contributed by atoms with Crippen molar-refractivity contribution in [3.63, 3.8) is 0 Å². The van der Waals surface area contributed by atoms with Crippen molar-refractivity contribution in [3.8, 4) is 0 Å². The molecule has 0 saturated carbocycles. The quantitative estimate of drug-likeness (QED) is 0.776. The SMILES string of the molecule is CC(C)CNCC(C)(Cc1ccc(F)cc1)C(C)C. The van der Waals surface area contributed by atoms with Crippen LogP contribution in [0.3, 0.4) is 0 Å². The van der Waals surface area contributed by atoms with Crippen LogP contribution in [0.25, 0.3) is 0 Å². The van der Waals surface area contributed by atoms with Gasteiger partial charge in [0.2, 0.25) is 0 Å². The molecule has 1 unspecified atom stereocenters. The molecule has 0 saturated heterocycles. The fourth-order valence-electron chi connectivity index (χ4n) is 2.19. The molecule has 0 aromatic heterocycles. The van der Waals surface area contributed by atoms with Crippen LogP contribution in [0.1, 0.15) is 40.2 Å². The second-order valence-corrected chi connectivity index (χ2v) is 6.64. The molecule has 1 aromatic rings. The predicted octanol–water partition coefficient (Wildman–Crippen LogP) is 4.28. The Balaban J connectivity index is 2.67. The van der Waals surface area contributed by atoms with E-state index in [0.29, 0.717) is 11.8 Å². The molecule has 0 heterocycles. The van der Waals surface area contributed by atoms with Gasteiger partial charge in [-0.3, -0.25) is 0 Å². The average molecular weight is 265 g/mol. The van der Waals surface area contributed by atoms with Crippen molar-refractivity contribution >= 4 is 0 Å². The highest BCUT2D eigenvalue weighted by Gasteiger charge is 2.28. The fourth-order valence-corrected chi connectivity index (χ4v) is 2.19. The van der Waals surface area contributed by atoms with E-state index < -0.39 is 0 Å². The molecule has 0 radical (unpaired) electrons. The second kappa shape index (κ2) is 7.04. The molecule has 0 amide bonds. The fraction of sp³-hybridized carbons (Fsp3) is 0.647. The van der Waals surface area contributed by atoms with E-state index in [1.165, 1.54) is 5.56 Å². The van der Waals surface area contributed by atoms with Gasteiger partial charge in [-0.25, -0.2) is 4.39 Å². The van der Waals surface area contributed by atoms with Crippen LogP contribution in [0.5, 0.6) is 0 Å². The van der Waals surface area contributed by atoms with Gasteiger partial charge in [-0.1, -0.05) is 46.8 Å². The first-order valence-electron chi connectivity index (χ1n) is 7.28. The van der Waals surface area contributed by atoms with Crippen LogP contribution in [-0.2, 0) is 6.42 Å². The van der Waals surface area contributed by atoms with Gasteiger partial charge in [0.25, 0.3) is 0 Å². The van der Waals surface area contributed by atoms with Gasteiger partial charge >= 0.3 is 0 Å². The zero-order chi connectivity index (χ0) is 14.5. The highest BCUT2D eigenvalue weighted by Crippen LogP contribution is 2.30. The van der Waals surface area contributed by atoms with E-state index in [4.69, 9.17) is 0 Å². The minimum Gasteiger partial charge on any atom is -0.316 e.